The van der Waals surface area contributed by atoms with E-state index in [0.717, 1.165) is 17.9 Å². The van der Waals surface area contributed by atoms with Crippen molar-refractivity contribution in [2.75, 3.05) is 20.2 Å². The molecule has 0 saturated carbocycles. The normalized spacial score (nSPS) is 10.5. The van der Waals surface area contributed by atoms with Crippen LogP contribution in [0.1, 0.15) is 29.8 Å². The third-order valence-corrected chi connectivity index (χ3v) is 2.63. The van der Waals surface area contributed by atoms with Crippen molar-refractivity contribution in [2.45, 2.75) is 26.8 Å². The van der Waals surface area contributed by atoms with Crippen LogP contribution in [0.4, 0.5) is 0 Å². The van der Waals surface area contributed by atoms with Gasteiger partial charge < -0.3 is 15.4 Å². The molecule has 1 aromatic carbocycles. The molecule has 0 fully saturated rings. The van der Waals surface area contributed by atoms with Crippen molar-refractivity contribution in [1.29, 1.82) is 0 Å². The fraction of sp³-hybridized carbons (Fsp3) is 0.500. The standard InChI is InChI=1S/C14H22N2O2/c1-10(2)15-7-8-16-14(17)12-6-5-11(3)13(9-12)18-4/h5-6,9-10,15H,7-8H2,1-4H3,(H,16,17). The summed E-state index contributed by atoms with van der Waals surface area (Å²) in [6, 6.07) is 5.89. The molecule has 0 aliphatic heterocycles. The van der Waals surface area contributed by atoms with E-state index in [9.17, 15) is 4.79 Å². The van der Waals surface area contributed by atoms with Crippen molar-refractivity contribution < 1.29 is 9.53 Å². The lowest BCUT2D eigenvalue weighted by Gasteiger charge is -2.10. The van der Waals surface area contributed by atoms with Crippen molar-refractivity contribution in [3.8, 4) is 5.75 Å². The molecule has 1 aromatic rings. The monoisotopic (exact) mass is 250 g/mol. The number of rotatable bonds is 6. The second-order valence-electron chi connectivity index (χ2n) is 4.55. The summed E-state index contributed by atoms with van der Waals surface area (Å²) in [5.41, 5.74) is 1.65. The van der Waals surface area contributed by atoms with Crippen LogP contribution >= 0.6 is 0 Å². The number of amides is 1. The average molecular weight is 250 g/mol. The Balaban J connectivity index is 2.51. The number of nitrogens with one attached hydrogen (secondary N) is 2. The molecule has 0 bridgehead atoms. The first-order valence-electron chi connectivity index (χ1n) is 6.21. The van der Waals surface area contributed by atoms with E-state index in [4.69, 9.17) is 4.74 Å². The molecule has 1 amide bonds. The molecule has 0 aliphatic rings. The van der Waals surface area contributed by atoms with Crippen LogP contribution < -0.4 is 15.4 Å². The predicted molar refractivity (Wildman–Crippen MR) is 73.2 cm³/mol. The Morgan fingerprint density at radius 2 is 2.06 bits per heavy atom. The molecular formula is C14H22N2O2. The molecule has 0 heterocycles. The molecule has 4 heteroatoms. The number of hydrogen-bond donors (Lipinski definition) is 2. The maximum absolute atomic E-state index is 11.9. The molecule has 1 rings (SSSR count). The highest BCUT2D eigenvalue weighted by molar-refractivity contribution is 5.94. The molecule has 4 nitrogen and oxygen atoms in total. The third kappa shape index (κ3) is 4.37. The molecule has 0 unspecified atom stereocenters. The van der Waals surface area contributed by atoms with Crippen LogP contribution in [-0.2, 0) is 0 Å². The zero-order valence-corrected chi connectivity index (χ0v) is 11.5. The summed E-state index contributed by atoms with van der Waals surface area (Å²) in [5.74, 6) is 0.668. The fourth-order valence-corrected chi connectivity index (χ4v) is 1.60. The molecule has 0 radical (unpaired) electrons. The summed E-state index contributed by atoms with van der Waals surface area (Å²) in [6.07, 6.45) is 0. The van der Waals surface area contributed by atoms with Crippen LogP contribution in [0.25, 0.3) is 0 Å². The minimum absolute atomic E-state index is 0.0705. The number of aryl methyl sites for hydroxylation is 1. The van der Waals surface area contributed by atoms with Gasteiger partial charge in [-0.3, -0.25) is 4.79 Å². The Morgan fingerprint density at radius 3 is 2.67 bits per heavy atom. The highest BCUT2D eigenvalue weighted by Crippen LogP contribution is 2.18. The van der Waals surface area contributed by atoms with Crippen LogP contribution in [0.3, 0.4) is 0 Å². The maximum Gasteiger partial charge on any atom is 0.251 e. The van der Waals surface area contributed by atoms with Gasteiger partial charge >= 0.3 is 0 Å². The van der Waals surface area contributed by atoms with Gasteiger partial charge in [-0.1, -0.05) is 19.9 Å². The highest BCUT2D eigenvalue weighted by Gasteiger charge is 2.07. The highest BCUT2D eigenvalue weighted by atomic mass is 16.5. The van der Waals surface area contributed by atoms with E-state index >= 15 is 0 Å². The summed E-state index contributed by atoms with van der Waals surface area (Å²) in [6.45, 7) is 7.49. The van der Waals surface area contributed by atoms with Crippen LogP contribution in [0.5, 0.6) is 5.75 Å². The number of carbonyl (C=O) groups excluding carboxylic acids is 1. The van der Waals surface area contributed by atoms with Crippen molar-refractivity contribution in [1.82, 2.24) is 10.6 Å². The number of methoxy groups -OCH3 is 1. The van der Waals surface area contributed by atoms with Crippen molar-refractivity contribution in [3.63, 3.8) is 0 Å². The zero-order chi connectivity index (χ0) is 13.5. The van der Waals surface area contributed by atoms with Crippen LogP contribution in [0.2, 0.25) is 0 Å². The van der Waals surface area contributed by atoms with E-state index in [-0.39, 0.29) is 5.91 Å². The predicted octanol–water partition coefficient (Wildman–Crippen LogP) is 1.73. The minimum atomic E-state index is -0.0705. The van der Waals surface area contributed by atoms with Gasteiger partial charge in [-0.25, -0.2) is 0 Å². The second-order valence-corrected chi connectivity index (χ2v) is 4.55. The Kier molecular flexibility index (Phi) is 5.65. The Bertz CT molecular complexity index is 403. The van der Waals surface area contributed by atoms with Crippen LogP contribution in [0, 0.1) is 6.92 Å². The quantitative estimate of drug-likeness (QED) is 0.756. The number of hydrogen-bond acceptors (Lipinski definition) is 3. The summed E-state index contributed by atoms with van der Waals surface area (Å²) in [5, 5.41) is 6.11. The van der Waals surface area contributed by atoms with Gasteiger partial charge in [0.25, 0.3) is 5.91 Å². The van der Waals surface area contributed by atoms with Gasteiger partial charge in [-0.2, -0.15) is 0 Å². The SMILES string of the molecule is COc1cc(C(=O)NCCNC(C)C)ccc1C. The summed E-state index contributed by atoms with van der Waals surface area (Å²) < 4.78 is 5.20. The van der Waals surface area contributed by atoms with Gasteiger partial charge in [0.15, 0.2) is 0 Å². The molecule has 0 aromatic heterocycles. The molecule has 0 atom stereocenters. The van der Waals surface area contributed by atoms with Gasteiger partial charge in [-0.15, -0.1) is 0 Å². The molecule has 2 N–H and O–H groups in total. The maximum atomic E-state index is 11.9. The topological polar surface area (TPSA) is 50.4 Å². The van der Waals surface area contributed by atoms with E-state index in [1.54, 1.807) is 13.2 Å². The molecular weight excluding hydrogens is 228 g/mol. The molecule has 100 valence electrons. The number of benzene rings is 1. The summed E-state index contributed by atoms with van der Waals surface area (Å²) >= 11 is 0. The lowest BCUT2D eigenvalue weighted by Crippen LogP contribution is -2.34. The van der Waals surface area contributed by atoms with Crippen molar-refractivity contribution in [2.24, 2.45) is 0 Å². The first kappa shape index (κ1) is 14.5. The van der Waals surface area contributed by atoms with E-state index in [1.807, 2.05) is 19.1 Å². The summed E-state index contributed by atoms with van der Waals surface area (Å²) in [7, 11) is 1.61. The number of carbonyl (C=O) groups is 1. The van der Waals surface area contributed by atoms with Gasteiger partial charge in [0.2, 0.25) is 0 Å². The summed E-state index contributed by atoms with van der Waals surface area (Å²) in [4.78, 5) is 11.9. The van der Waals surface area contributed by atoms with Crippen LogP contribution in [0.15, 0.2) is 18.2 Å². The molecule has 0 aliphatic carbocycles. The van der Waals surface area contributed by atoms with E-state index in [0.29, 0.717) is 18.2 Å². The number of ether oxygens (including phenoxy) is 1. The van der Waals surface area contributed by atoms with Gasteiger partial charge in [0.05, 0.1) is 7.11 Å². The van der Waals surface area contributed by atoms with Gasteiger partial charge in [-0.05, 0) is 24.6 Å². The Morgan fingerprint density at radius 1 is 1.33 bits per heavy atom. The van der Waals surface area contributed by atoms with Gasteiger partial charge in [0.1, 0.15) is 5.75 Å². The zero-order valence-electron chi connectivity index (χ0n) is 11.5. The van der Waals surface area contributed by atoms with Crippen molar-refractivity contribution in [3.05, 3.63) is 29.3 Å². The second kappa shape index (κ2) is 7.01. The first-order valence-corrected chi connectivity index (χ1v) is 6.21. The molecule has 0 saturated heterocycles. The third-order valence-electron chi connectivity index (χ3n) is 2.63. The minimum Gasteiger partial charge on any atom is -0.496 e. The van der Waals surface area contributed by atoms with Crippen molar-refractivity contribution >= 4 is 5.91 Å². The molecule has 18 heavy (non-hydrogen) atoms. The van der Waals surface area contributed by atoms with Crippen LogP contribution in [-0.4, -0.2) is 32.1 Å². The average Bonchev–Trinajstić information content (AvgIpc) is 2.34. The lowest BCUT2D eigenvalue weighted by atomic mass is 10.1. The Hall–Kier alpha value is -1.55. The lowest BCUT2D eigenvalue weighted by molar-refractivity contribution is 0.0953. The van der Waals surface area contributed by atoms with Gasteiger partial charge in [0, 0.05) is 24.7 Å². The van der Waals surface area contributed by atoms with E-state index in [1.165, 1.54) is 0 Å². The van der Waals surface area contributed by atoms with E-state index < -0.39 is 0 Å². The fourth-order valence-electron chi connectivity index (χ4n) is 1.60. The Labute approximate surface area is 109 Å². The largest absolute Gasteiger partial charge is 0.496 e. The first-order chi connectivity index (χ1) is 8.54. The smallest absolute Gasteiger partial charge is 0.251 e. The molecule has 0 spiro atoms. The van der Waals surface area contributed by atoms with E-state index in [2.05, 4.69) is 24.5 Å².